The average molecular weight is 303 g/mol. The van der Waals surface area contributed by atoms with E-state index in [1.807, 2.05) is 31.2 Å². The Hall–Kier alpha value is -1.07. The van der Waals surface area contributed by atoms with Crippen LogP contribution in [-0.4, -0.2) is 34.8 Å². The third-order valence-electron chi connectivity index (χ3n) is 2.48. The van der Waals surface area contributed by atoms with Crippen LogP contribution in [0.3, 0.4) is 0 Å². The van der Waals surface area contributed by atoms with E-state index in [0.717, 1.165) is 5.56 Å². The molecule has 0 spiro atoms. The number of benzene rings is 1. The number of halogens is 1. The highest BCUT2D eigenvalue weighted by atomic mass is 35.5. The van der Waals surface area contributed by atoms with E-state index in [-0.39, 0.29) is 12.1 Å². The molecule has 0 heterocycles. The third kappa shape index (κ3) is 7.18. The SMILES string of the molecule is C[C@@H](Cc1cccc(Cl)c1)NC(=O)NCC[S@@](C)=O. The van der Waals surface area contributed by atoms with Crippen molar-refractivity contribution in [2.24, 2.45) is 0 Å². The van der Waals surface area contributed by atoms with E-state index in [0.29, 0.717) is 23.7 Å². The molecule has 6 heteroatoms. The summed E-state index contributed by atoms with van der Waals surface area (Å²) in [6, 6.07) is 7.34. The molecule has 0 fully saturated rings. The van der Waals surface area contributed by atoms with Gasteiger partial charge in [-0.05, 0) is 31.0 Å². The minimum atomic E-state index is -0.886. The molecular formula is C13H19ClN2O2S. The number of carbonyl (C=O) groups excluding carboxylic acids is 1. The molecule has 0 bridgehead atoms. The summed E-state index contributed by atoms with van der Waals surface area (Å²) >= 11 is 5.90. The molecule has 0 unspecified atom stereocenters. The van der Waals surface area contributed by atoms with Gasteiger partial charge in [-0.25, -0.2) is 4.79 Å². The zero-order valence-corrected chi connectivity index (χ0v) is 12.7. The summed E-state index contributed by atoms with van der Waals surface area (Å²) < 4.78 is 10.8. The van der Waals surface area contributed by atoms with Crippen molar-refractivity contribution in [3.8, 4) is 0 Å². The Labute approximate surface area is 121 Å². The molecule has 0 aliphatic carbocycles. The van der Waals surface area contributed by atoms with Crippen LogP contribution in [-0.2, 0) is 17.2 Å². The number of hydrogen-bond donors (Lipinski definition) is 2. The van der Waals surface area contributed by atoms with Crippen LogP contribution >= 0.6 is 11.6 Å². The van der Waals surface area contributed by atoms with Crippen molar-refractivity contribution in [1.29, 1.82) is 0 Å². The highest BCUT2D eigenvalue weighted by Gasteiger charge is 2.07. The standard InChI is InChI=1S/C13H19ClN2O2S/c1-10(8-11-4-3-5-12(14)9-11)16-13(17)15-6-7-19(2)18/h3-5,9-10H,6-8H2,1-2H3,(H2,15,16,17)/t10-,19+/m0/s1. The Bertz CT molecular complexity index is 454. The van der Waals surface area contributed by atoms with Crippen LogP contribution in [0.2, 0.25) is 5.02 Å². The van der Waals surface area contributed by atoms with Crippen molar-refractivity contribution in [2.75, 3.05) is 18.6 Å². The Morgan fingerprint density at radius 2 is 2.21 bits per heavy atom. The number of rotatable bonds is 6. The van der Waals surface area contributed by atoms with Crippen LogP contribution in [0.4, 0.5) is 4.79 Å². The second-order valence-electron chi connectivity index (χ2n) is 4.41. The Morgan fingerprint density at radius 3 is 2.84 bits per heavy atom. The smallest absolute Gasteiger partial charge is 0.315 e. The number of hydrogen-bond acceptors (Lipinski definition) is 2. The number of nitrogens with one attached hydrogen (secondary N) is 2. The van der Waals surface area contributed by atoms with Gasteiger partial charge in [-0.15, -0.1) is 0 Å². The minimum Gasteiger partial charge on any atom is -0.337 e. The molecule has 0 aliphatic heterocycles. The maximum absolute atomic E-state index is 11.5. The van der Waals surface area contributed by atoms with Gasteiger partial charge in [0.1, 0.15) is 0 Å². The van der Waals surface area contributed by atoms with E-state index in [4.69, 9.17) is 11.6 Å². The van der Waals surface area contributed by atoms with Gasteiger partial charge in [-0.2, -0.15) is 0 Å². The molecule has 2 amide bonds. The van der Waals surface area contributed by atoms with E-state index in [1.165, 1.54) is 0 Å². The second-order valence-corrected chi connectivity index (χ2v) is 6.40. The summed E-state index contributed by atoms with van der Waals surface area (Å²) in [4.78, 5) is 11.5. The number of carbonyl (C=O) groups is 1. The topological polar surface area (TPSA) is 58.2 Å². The molecule has 0 saturated carbocycles. The first-order valence-electron chi connectivity index (χ1n) is 6.06. The van der Waals surface area contributed by atoms with Crippen LogP contribution in [0.15, 0.2) is 24.3 Å². The van der Waals surface area contributed by atoms with Gasteiger partial charge in [0.2, 0.25) is 0 Å². The molecule has 1 aromatic carbocycles. The molecule has 0 aromatic heterocycles. The summed E-state index contributed by atoms with van der Waals surface area (Å²) in [6.45, 7) is 2.34. The summed E-state index contributed by atoms with van der Waals surface area (Å²) in [5.74, 6) is 0.468. The monoisotopic (exact) mass is 302 g/mol. The van der Waals surface area contributed by atoms with Crippen molar-refractivity contribution >= 4 is 28.4 Å². The van der Waals surface area contributed by atoms with Crippen molar-refractivity contribution in [2.45, 2.75) is 19.4 Å². The molecule has 1 aromatic rings. The maximum Gasteiger partial charge on any atom is 0.315 e. The van der Waals surface area contributed by atoms with Crippen LogP contribution in [0.25, 0.3) is 0 Å². The highest BCUT2D eigenvalue weighted by molar-refractivity contribution is 7.84. The largest absolute Gasteiger partial charge is 0.337 e. The molecule has 106 valence electrons. The van der Waals surface area contributed by atoms with E-state index in [9.17, 15) is 9.00 Å². The molecule has 4 nitrogen and oxygen atoms in total. The zero-order valence-electron chi connectivity index (χ0n) is 11.1. The summed E-state index contributed by atoms with van der Waals surface area (Å²) in [6.07, 6.45) is 2.33. The third-order valence-corrected chi connectivity index (χ3v) is 3.50. The van der Waals surface area contributed by atoms with Gasteiger partial charge in [0.15, 0.2) is 0 Å². The molecule has 0 radical (unpaired) electrons. The fraction of sp³-hybridized carbons (Fsp3) is 0.462. The first-order chi connectivity index (χ1) is 8.97. The van der Waals surface area contributed by atoms with Crippen LogP contribution in [0, 0.1) is 0 Å². The lowest BCUT2D eigenvalue weighted by Crippen LogP contribution is -2.42. The molecule has 1 rings (SSSR count). The predicted molar refractivity (Wildman–Crippen MR) is 80.1 cm³/mol. The van der Waals surface area contributed by atoms with Crippen LogP contribution in [0.5, 0.6) is 0 Å². The summed E-state index contributed by atoms with van der Waals surface area (Å²) in [5.41, 5.74) is 1.08. The predicted octanol–water partition coefficient (Wildman–Crippen LogP) is 1.95. The van der Waals surface area contributed by atoms with E-state index in [1.54, 1.807) is 6.26 Å². The molecule has 2 N–H and O–H groups in total. The molecule has 19 heavy (non-hydrogen) atoms. The fourth-order valence-corrected chi connectivity index (χ4v) is 2.25. The fourth-order valence-electron chi connectivity index (χ4n) is 1.65. The van der Waals surface area contributed by atoms with Gasteiger partial charge >= 0.3 is 6.03 Å². The lowest BCUT2D eigenvalue weighted by molar-refractivity contribution is 0.238. The van der Waals surface area contributed by atoms with Crippen molar-refractivity contribution in [3.05, 3.63) is 34.9 Å². The number of amides is 2. The van der Waals surface area contributed by atoms with Crippen LogP contribution in [0.1, 0.15) is 12.5 Å². The minimum absolute atomic E-state index is 0.00518. The lowest BCUT2D eigenvalue weighted by Gasteiger charge is -2.14. The zero-order chi connectivity index (χ0) is 14.3. The first kappa shape index (κ1) is 16.0. The van der Waals surface area contributed by atoms with Crippen molar-refractivity contribution in [1.82, 2.24) is 10.6 Å². The molecule has 0 aliphatic rings. The summed E-state index contributed by atoms with van der Waals surface area (Å²) in [5, 5.41) is 6.20. The average Bonchev–Trinajstić information content (AvgIpc) is 2.27. The number of urea groups is 1. The highest BCUT2D eigenvalue weighted by Crippen LogP contribution is 2.12. The van der Waals surface area contributed by atoms with Gasteiger partial charge in [0, 0.05) is 40.4 Å². The Morgan fingerprint density at radius 1 is 1.47 bits per heavy atom. The molecule has 2 atom stereocenters. The van der Waals surface area contributed by atoms with E-state index < -0.39 is 10.8 Å². The van der Waals surface area contributed by atoms with Gasteiger partial charge < -0.3 is 10.6 Å². The first-order valence-corrected chi connectivity index (χ1v) is 8.16. The van der Waals surface area contributed by atoms with Gasteiger partial charge in [-0.3, -0.25) is 4.21 Å². The molecule has 0 saturated heterocycles. The summed E-state index contributed by atoms with van der Waals surface area (Å²) in [7, 11) is -0.886. The Kier molecular flexibility index (Phi) is 6.87. The maximum atomic E-state index is 11.5. The van der Waals surface area contributed by atoms with E-state index >= 15 is 0 Å². The quantitative estimate of drug-likeness (QED) is 0.844. The molecular weight excluding hydrogens is 284 g/mol. The van der Waals surface area contributed by atoms with Crippen molar-refractivity contribution < 1.29 is 9.00 Å². The normalized spacial score (nSPS) is 13.6. The van der Waals surface area contributed by atoms with E-state index in [2.05, 4.69) is 10.6 Å². The second kappa shape index (κ2) is 8.17. The lowest BCUT2D eigenvalue weighted by atomic mass is 10.1. The van der Waals surface area contributed by atoms with Gasteiger partial charge in [0.25, 0.3) is 0 Å². The van der Waals surface area contributed by atoms with Crippen LogP contribution < -0.4 is 10.6 Å². The van der Waals surface area contributed by atoms with Crippen molar-refractivity contribution in [3.63, 3.8) is 0 Å². The van der Waals surface area contributed by atoms with Gasteiger partial charge in [0.05, 0.1) is 0 Å². The Balaban J connectivity index is 2.32. The van der Waals surface area contributed by atoms with Gasteiger partial charge in [-0.1, -0.05) is 23.7 Å².